The number of hydrogen-bond donors (Lipinski definition) is 2. The lowest BCUT2D eigenvalue weighted by atomic mass is 10.1. The number of para-hydroxylation sites is 2. The summed E-state index contributed by atoms with van der Waals surface area (Å²) >= 11 is 0. The summed E-state index contributed by atoms with van der Waals surface area (Å²) in [7, 11) is 3.20. The standard InChI is InChI=1S/C21H25N3O4/c1-22-21(26)19-13-24(17-5-3-4-6-18(17)28-19)14-20(25)23-12-11-15-7-9-16(27-2)10-8-15/h3-10,19H,11-14H2,1-2H3,(H,22,26)(H,23,25)/t19-/m1/s1. The molecule has 0 radical (unpaired) electrons. The number of nitrogens with zero attached hydrogens (tertiary/aromatic N) is 1. The maximum absolute atomic E-state index is 12.4. The summed E-state index contributed by atoms with van der Waals surface area (Å²) in [6.07, 6.45) is 0.0861. The normalized spacial score (nSPS) is 15.2. The van der Waals surface area contributed by atoms with E-state index in [0.717, 1.165) is 23.4 Å². The zero-order chi connectivity index (χ0) is 19.9. The van der Waals surface area contributed by atoms with Gasteiger partial charge in [-0.2, -0.15) is 0 Å². The highest BCUT2D eigenvalue weighted by atomic mass is 16.5. The largest absolute Gasteiger partial charge is 0.497 e. The van der Waals surface area contributed by atoms with Crippen LogP contribution in [0.2, 0.25) is 0 Å². The molecule has 2 aromatic rings. The Hall–Kier alpha value is -3.22. The van der Waals surface area contributed by atoms with Gasteiger partial charge in [0.05, 0.1) is 25.9 Å². The number of likely N-dealkylation sites (N-methyl/N-ethyl adjacent to an activating group) is 1. The van der Waals surface area contributed by atoms with Crippen molar-refractivity contribution in [1.29, 1.82) is 0 Å². The molecule has 0 aliphatic carbocycles. The maximum atomic E-state index is 12.4. The van der Waals surface area contributed by atoms with E-state index in [0.29, 0.717) is 18.8 Å². The Bertz CT molecular complexity index is 823. The van der Waals surface area contributed by atoms with Crippen molar-refractivity contribution in [1.82, 2.24) is 10.6 Å². The van der Waals surface area contributed by atoms with Crippen LogP contribution in [-0.4, -0.2) is 51.7 Å². The molecule has 0 spiro atoms. The molecule has 7 nitrogen and oxygen atoms in total. The molecule has 1 heterocycles. The van der Waals surface area contributed by atoms with Gasteiger partial charge in [-0.25, -0.2) is 0 Å². The van der Waals surface area contributed by atoms with Gasteiger partial charge >= 0.3 is 0 Å². The van der Waals surface area contributed by atoms with Crippen molar-refractivity contribution in [3.63, 3.8) is 0 Å². The molecule has 1 aliphatic rings. The van der Waals surface area contributed by atoms with Crippen LogP contribution in [0.1, 0.15) is 5.56 Å². The van der Waals surface area contributed by atoms with E-state index >= 15 is 0 Å². The fourth-order valence-electron chi connectivity index (χ4n) is 3.12. The highest BCUT2D eigenvalue weighted by Crippen LogP contribution is 2.32. The number of anilines is 1. The molecule has 0 unspecified atom stereocenters. The maximum Gasteiger partial charge on any atom is 0.262 e. The van der Waals surface area contributed by atoms with E-state index in [2.05, 4.69) is 10.6 Å². The zero-order valence-corrected chi connectivity index (χ0v) is 16.1. The van der Waals surface area contributed by atoms with Crippen molar-refractivity contribution in [3.05, 3.63) is 54.1 Å². The van der Waals surface area contributed by atoms with E-state index in [1.807, 2.05) is 47.4 Å². The first-order valence-electron chi connectivity index (χ1n) is 9.22. The van der Waals surface area contributed by atoms with Crippen LogP contribution >= 0.6 is 0 Å². The minimum absolute atomic E-state index is 0.0964. The Kier molecular flexibility index (Phi) is 6.37. The van der Waals surface area contributed by atoms with Crippen molar-refractivity contribution in [3.8, 4) is 11.5 Å². The summed E-state index contributed by atoms with van der Waals surface area (Å²) in [5.74, 6) is 1.11. The molecule has 0 saturated carbocycles. The molecule has 2 amide bonds. The highest BCUT2D eigenvalue weighted by Gasteiger charge is 2.30. The molecule has 7 heteroatoms. The zero-order valence-electron chi connectivity index (χ0n) is 16.1. The first-order valence-corrected chi connectivity index (χ1v) is 9.22. The Balaban J connectivity index is 1.56. The molecule has 2 N–H and O–H groups in total. The topological polar surface area (TPSA) is 79.9 Å². The number of hydrogen-bond acceptors (Lipinski definition) is 5. The summed E-state index contributed by atoms with van der Waals surface area (Å²) in [5.41, 5.74) is 1.94. The lowest BCUT2D eigenvalue weighted by molar-refractivity contribution is -0.127. The van der Waals surface area contributed by atoms with Gasteiger partial charge in [-0.1, -0.05) is 24.3 Å². The van der Waals surface area contributed by atoms with Crippen LogP contribution in [0.3, 0.4) is 0 Å². The van der Waals surface area contributed by atoms with E-state index in [1.54, 1.807) is 20.2 Å². The second-order valence-corrected chi connectivity index (χ2v) is 6.52. The number of ether oxygens (including phenoxy) is 2. The van der Waals surface area contributed by atoms with E-state index in [1.165, 1.54) is 0 Å². The average Bonchev–Trinajstić information content (AvgIpc) is 2.73. The van der Waals surface area contributed by atoms with Crippen LogP contribution < -0.4 is 25.0 Å². The van der Waals surface area contributed by atoms with Crippen LogP contribution in [0.5, 0.6) is 11.5 Å². The second-order valence-electron chi connectivity index (χ2n) is 6.52. The van der Waals surface area contributed by atoms with Gasteiger partial charge in [0, 0.05) is 13.6 Å². The van der Waals surface area contributed by atoms with Crippen LogP contribution in [0.15, 0.2) is 48.5 Å². The average molecular weight is 383 g/mol. The van der Waals surface area contributed by atoms with Gasteiger partial charge in [0.25, 0.3) is 5.91 Å². The van der Waals surface area contributed by atoms with E-state index in [-0.39, 0.29) is 18.4 Å². The molecule has 28 heavy (non-hydrogen) atoms. The molecule has 2 aromatic carbocycles. The minimum Gasteiger partial charge on any atom is -0.497 e. The van der Waals surface area contributed by atoms with Crippen molar-refractivity contribution >= 4 is 17.5 Å². The highest BCUT2D eigenvalue weighted by molar-refractivity contribution is 5.86. The van der Waals surface area contributed by atoms with Gasteiger partial charge in [-0.15, -0.1) is 0 Å². The van der Waals surface area contributed by atoms with Gasteiger partial charge in [-0.05, 0) is 36.2 Å². The quantitative estimate of drug-likeness (QED) is 0.755. The van der Waals surface area contributed by atoms with Crippen molar-refractivity contribution < 1.29 is 19.1 Å². The van der Waals surface area contributed by atoms with E-state index < -0.39 is 6.10 Å². The minimum atomic E-state index is -0.646. The van der Waals surface area contributed by atoms with Crippen LogP contribution in [-0.2, 0) is 16.0 Å². The van der Waals surface area contributed by atoms with E-state index in [9.17, 15) is 9.59 Å². The van der Waals surface area contributed by atoms with Crippen molar-refractivity contribution in [2.45, 2.75) is 12.5 Å². The van der Waals surface area contributed by atoms with Crippen molar-refractivity contribution in [2.24, 2.45) is 0 Å². The summed E-state index contributed by atoms with van der Waals surface area (Å²) in [5, 5.41) is 5.54. The summed E-state index contributed by atoms with van der Waals surface area (Å²) in [4.78, 5) is 26.3. The third kappa shape index (κ3) is 4.73. The van der Waals surface area contributed by atoms with Crippen LogP contribution in [0.4, 0.5) is 5.69 Å². The van der Waals surface area contributed by atoms with Gasteiger partial charge < -0.3 is 25.0 Å². The number of rotatable bonds is 7. The first-order chi connectivity index (χ1) is 13.6. The molecule has 1 aliphatic heterocycles. The van der Waals surface area contributed by atoms with Crippen molar-refractivity contribution in [2.75, 3.05) is 38.7 Å². The summed E-state index contributed by atoms with van der Waals surface area (Å²) in [6, 6.07) is 15.2. The molecule has 148 valence electrons. The number of methoxy groups -OCH3 is 1. The number of carbonyl (C=O) groups excluding carboxylic acids is 2. The number of carbonyl (C=O) groups is 2. The second kappa shape index (κ2) is 9.12. The van der Waals surface area contributed by atoms with Gasteiger partial charge in [0.15, 0.2) is 6.10 Å². The summed E-state index contributed by atoms with van der Waals surface area (Å²) in [6.45, 7) is 1.02. The molecule has 0 saturated heterocycles. The van der Waals surface area contributed by atoms with Gasteiger partial charge in [-0.3, -0.25) is 9.59 Å². The number of nitrogens with one attached hydrogen (secondary N) is 2. The summed E-state index contributed by atoms with van der Waals surface area (Å²) < 4.78 is 10.9. The number of benzene rings is 2. The molecular formula is C21H25N3O4. The molecule has 3 rings (SSSR count). The molecule has 0 bridgehead atoms. The van der Waals surface area contributed by atoms with E-state index in [4.69, 9.17) is 9.47 Å². The Morgan fingerprint density at radius 3 is 2.64 bits per heavy atom. The fraction of sp³-hybridized carbons (Fsp3) is 0.333. The van der Waals surface area contributed by atoms with Crippen LogP contribution in [0, 0.1) is 0 Å². The fourth-order valence-corrected chi connectivity index (χ4v) is 3.12. The smallest absolute Gasteiger partial charge is 0.262 e. The lowest BCUT2D eigenvalue weighted by Gasteiger charge is -2.35. The Morgan fingerprint density at radius 1 is 1.18 bits per heavy atom. The molecule has 0 fully saturated rings. The third-order valence-electron chi connectivity index (χ3n) is 4.63. The van der Waals surface area contributed by atoms with Gasteiger partial charge in [0.2, 0.25) is 5.91 Å². The number of fused-ring (bicyclic) bond motifs is 1. The predicted octanol–water partition coefficient (Wildman–Crippen LogP) is 1.37. The molecule has 1 atom stereocenters. The Labute approximate surface area is 164 Å². The molecule has 0 aromatic heterocycles. The van der Waals surface area contributed by atoms with Crippen LogP contribution in [0.25, 0.3) is 0 Å². The monoisotopic (exact) mass is 383 g/mol. The Morgan fingerprint density at radius 2 is 1.93 bits per heavy atom. The predicted molar refractivity (Wildman–Crippen MR) is 107 cm³/mol. The van der Waals surface area contributed by atoms with Gasteiger partial charge in [0.1, 0.15) is 11.5 Å². The SMILES string of the molecule is CNC(=O)[C@H]1CN(CC(=O)NCCc2ccc(OC)cc2)c2ccccc2O1. The lowest BCUT2D eigenvalue weighted by Crippen LogP contribution is -2.50. The molecular weight excluding hydrogens is 358 g/mol. The third-order valence-corrected chi connectivity index (χ3v) is 4.63. The number of amides is 2. The first kappa shape index (κ1) is 19.5.